The summed E-state index contributed by atoms with van der Waals surface area (Å²) >= 11 is 0. The van der Waals surface area contributed by atoms with Crippen molar-refractivity contribution in [1.82, 2.24) is 14.8 Å². The Morgan fingerprint density at radius 1 is 1.42 bits per heavy atom. The van der Waals surface area contributed by atoms with E-state index >= 15 is 0 Å². The topological polar surface area (TPSA) is 104 Å². The average molecular weight is 329 g/mol. The number of anilines is 2. The minimum absolute atomic E-state index is 0.121. The van der Waals surface area contributed by atoms with Crippen molar-refractivity contribution in [3.8, 4) is 5.75 Å². The molecule has 0 amide bonds. The number of para-hydroxylation sites is 1. The Morgan fingerprint density at radius 2 is 2.17 bits per heavy atom. The Kier molecular flexibility index (Phi) is 4.11. The number of aromatic nitrogens is 3. The van der Waals surface area contributed by atoms with Crippen LogP contribution in [0.1, 0.15) is 25.5 Å². The third kappa shape index (κ3) is 2.55. The number of nitrogens with one attached hydrogen (secondary N) is 1. The molecule has 0 aliphatic carbocycles. The van der Waals surface area contributed by atoms with Crippen LogP contribution in [-0.2, 0) is 9.53 Å². The van der Waals surface area contributed by atoms with Crippen LogP contribution in [0.25, 0.3) is 0 Å². The fourth-order valence-electron chi connectivity index (χ4n) is 2.82. The lowest BCUT2D eigenvalue weighted by Gasteiger charge is -2.28. The predicted molar refractivity (Wildman–Crippen MR) is 88.5 cm³/mol. The van der Waals surface area contributed by atoms with Gasteiger partial charge in [-0.25, -0.2) is 9.48 Å². The van der Waals surface area contributed by atoms with Crippen LogP contribution in [0.5, 0.6) is 5.75 Å². The van der Waals surface area contributed by atoms with Gasteiger partial charge in [-0.05, 0) is 19.9 Å². The third-order valence-corrected chi connectivity index (χ3v) is 3.80. The zero-order valence-corrected chi connectivity index (χ0v) is 13.7. The molecule has 126 valence electrons. The van der Waals surface area contributed by atoms with Crippen LogP contribution in [-0.4, -0.2) is 34.5 Å². The summed E-state index contributed by atoms with van der Waals surface area (Å²) in [6, 6.07) is 6.90. The number of allylic oxidation sites excluding steroid dienone is 1. The van der Waals surface area contributed by atoms with Gasteiger partial charge in [-0.3, -0.25) is 0 Å². The molecule has 0 saturated heterocycles. The number of rotatable bonds is 4. The molecule has 24 heavy (non-hydrogen) atoms. The van der Waals surface area contributed by atoms with E-state index in [2.05, 4.69) is 15.4 Å². The molecule has 1 aromatic carbocycles. The maximum absolute atomic E-state index is 12.6. The standard InChI is InChI=1S/C16H19N5O3/c1-4-24-14(22)12-9(2)18-16-19-15(17)20-21(16)13(12)10-7-5-6-8-11(10)23-3/h5-8,13H,4H2,1-3H3,(H3,17,18,19,20). The highest BCUT2D eigenvalue weighted by Crippen LogP contribution is 2.39. The molecule has 2 aromatic rings. The van der Waals surface area contributed by atoms with E-state index in [0.29, 0.717) is 23.0 Å². The van der Waals surface area contributed by atoms with Crippen molar-refractivity contribution in [2.75, 3.05) is 24.8 Å². The van der Waals surface area contributed by atoms with Gasteiger partial charge in [0.05, 0.1) is 19.3 Å². The van der Waals surface area contributed by atoms with Gasteiger partial charge >= 0.3 is 5.97 Å². The van der Waals surface area contributed by atoms with Crippen molar-refractivity contribution < 1.29 is 14.3 Å². The summed E-state index contributed by atoms with van der Waals surface area (Å²) in [4.78, 5) is 16.7. The maximum Gasteiger partial charge on any atom is 0.338 e. The smallest absolute Gasteiger partial charge is 0.338 e. The molecule has 0 saturated carbocycles. The van der Waals surface area contributed by atoms with Crippen LogP contribution in [0.3, 0.4) is 0 Å². The van der Waals surface area contributed by atoms with E-state index in [1.54, 1.807) is 25.6 Å². The summed E-state index contributed by atoms with van der Waals surface area (Å²) in [5, 5.41) is 7.29. The number of carbonyl (C=O) groups excluding carboxylic acids is 1. The first-order chi connectivity index (χ1) is 11.6. The fourth-order valence-corrected chi connectivity index (χ4v) is 2.82. The van der Waals surface area contributed by atoms with E-state index < -0.39 is 12.0 Å². The number of methoxy groups -OCH3 is 1. The lowest BCUT2D eigenvalue weighted by atomic mass is 9.95. The number of nitrogen functional groups attached to an aromatic ring is 1. The molecule has 3 rings (SSSR count). The first-order valence-corrected chi connectivity index (χ1v) is 7.56. The summed E-state index contributed by atoms with van der Waals surface area (Å²) in [7, 11) is 1.58. The van der Waals surface area contributed by atoms with Crippen LogP contribution < -0.4 is 15.8 Å². The molecule has 0 spiro atoms. The van der Waals surface area contributed by atoms with E-state index in [1.807, 2.05) is 24.3 Å². The number of nitrogens with two attached hydrogens (primary N) is 1. The monoisotopic (exact) mass is 329 g/mol. The zero-order valence-electron chi connectivity index (χ0n) is 13.7. The molecule has 8 heteroatoms. The number of benzene rings is 1. The van der Waals surface area contributed by atoms with Gasteiger partial charge in [-0.2, -0.15) is 4.98 Å². The lowest BCUT2D eigenvalue weighted by Crippen LogP contribution is -2.30. The molecule has 2 heterocycles. The Balaban J connectivity index is 2.21. The van der Waals surface area contributed by atoms with Crippen molar-refractivity contribution in [2.24, 2.45) is 0 Å². The van der Waals surface area contributed by atoms with Crippen LogP contribution in [0.4, 0.5) is 11.9 Å². The van der Waals surface area contributed by atoms with Gasteiger partial charge < -0.3 is 20.5 Å². The molecule has 1 aliphatic heterocycles. The number of carbonyl (C=O) groups is 1. The van der Waals surface area contributed by atoms with Crippen molar-refractivity contribution in [3.05, 3.63) is 41.1 Å². The number of hydrogen-bond donors (Lipinski definition) is 2. The molecule has 0 fully saturated rings. The highest BCUT2D eigenvalue weighted by atomic mass is 16.5. The SMILES string of the molecule is CCOC(=O)C1=C(C)Nc2nc(N)nn2C1c1ccccc1OC. The van der Waals surface area contributed by atoms with Crippen molar-refractivity contribution in [2.45, 2.75) is 19.9 Å². The normalized spacial score (nSPS) is 16.4. The molecule has 1 aliphatic rings. The second kappa shape index (κ2) is 6.23. The minimum Gasteiger partial charge on any atom is -0.496 e. The summed E-state index contributed by atoms with van der Waals surface area (Å²) in [5.41, 5.74) is 7.61. The second-order valence-corrected chi connectivity index (χ2v) is 5.27. The van der Waals surface area contributed by atoms with Gasteiger partial charge in [0.2, 0.25) is 11.9 Å². The Bertz CT molecular complexity index is 812. The maximum atomic E-state index is 12.6. The van der Waals surface area contributed by atoms with Crippen LogP contribution in [0.2, 0.25) is 0 Å². The molecule has 1 aromatic heterocycles. The molecular formula is C16H19N5O3. The van der Waals surface area contributed by atoms with Crippen molar-refractivity contribution >= 4 is 17.9 Å². The Hall–Kier alpha value is -3.03. The largest absolute Gasteiger partial charge is 0.496 e. The van der Waals surface area contributed by atoms with E-state index in [1.165, 1.54) is 0 Å². The fraction of sp³-hybridized carbons (Fsp3) is 0.312. The van der Waals surface area contributed by atoms with Crippen LogP contribution in [0, 0.1) is 0 Å². The minimum atomic E-state index is -0.541. The number of hydrogen-bond acceptors (Lipinski definition) is 7. The molecule has 3 N–H and O–H groups in total. The number of nitrogens with zero attached hydrogens (tertiary/aromatic N) is 3. The number of esters is 1. The molecule has 1 atom stereocenters. The van der Waals surface area contributed by atoms with Crippen molar-refractivity contribution in [1.29, 1.82) is 0 Å². The highest BCUT2D eigenvalue weighted by molar-refractivity contribution is 5.92. The Labute approximate surface area is 139 Å². The summed E-state index contributed by atoms with van der Waals surface area (Å²) in [6.45, 7) is 3.84. The van der Waals surface area contributed by atoms with E-state index in [9.17, 15) is 4.79 Å². The Morgan fingerprint density at radius 3 is 2.88 bits per heavy atom. The average Bonchev–Trinajstić information content (AvgIpc) is 2.93. The highest BCUT2D eigenvalue weighted by Gasteiger charge is 2.36. The van der Waals surface area contributed by atoms with Crippen molar-refractivity contribution in [3.63, 3.8) is 0 Å². The predicted octanol–water partition coefficient (Wildman–Crippen LogP) is 1.72. The first-order valence-electron chi connectivity index (χ1n) is 7.56. The summed E-state index contributed by atoms with van der Waals surface area (Å²) in [6.07, 6.45) is 0. The van der Waals surface area contributed by atoms with Gasteiger partial charge in [0, 0.05) is 11.3 Å². The third-order valence-electron chi connectivity index (χ3n) is 3.80. The summed E-state index contributed by atoms with van der Waals surface area (Å²) < 4.78 is 12.3. The molecule has 8 nitrogen and oxygen atoms in total. The van der Waals surface area contributed by atoms with Gasteiger partial charge in [0.15, 0.2) is 0 Å². The quantitative estimate of drug-likeness (QED) is 0.823. The van der Waals surface area contributed by atoms with E-state index in [-0.39, 0.29) is 12.6 Å². The van der Waals surface area contributed by atoms with Crippen LogP contribution in [0.15, 0.2) is 35.5 Å². The zero-order chi connectivity index (χ0) is 17.3. The summed E-state index contributed by atoms with van der Waals surface area (Å²) in [5.74, 6) is 0.807. The molecular weight excluding hydrogens is 310 g/mol. The van der Waals surface area contributed by atoms with E-state index in [4.69, 9.17) is 15.2 Å². The molecule has 0 radical (unpaired) electrons. The molecule has 1 unspecified atom stereocenters. The van der Waals surface area contributed by atoms with Gasteiger partial charge in [0.25, 0.3) is 0 Å². The second-order valence-electron chi connectivity index (χ2n) is 5.27. The number of fused-ring (bicyclic) bond motifs is 1. The van der Waals surface area contributed by atoms with E-state index in [0.717, 1.165) is 5.56 Å². The lowest BCUT2D eigenvalue weighted by molar-refractivity contribution is -0.139. The first kappa shape index (κ1) is 15.9. The molecule has 0 bridgehead atoms. The van der Waals surface area contributed by atoms with Gasteiger partial charge in [-0.1, -0.05) is 18.2 Å². The van der Waals surface area contributed by atoms with Gasteiger partial charge in [0.1, 0.15) is 11.8 Å². The van der Waals surface area contributed by atoms with Crippen LogP contribution >= 0.6 is 0 Å². The van der Waals surface area contributed by atoms with Gasteiger partial charge in [-0.15, -0.1) is 5.10 Å². The number of ether oxygens (including phenoxy) is 2.